The highest BCUT2D eigenvalue weighted by molar-refractivity contribution is 5.67. The van der Waals surface area contributed by atoms with Gasteiger partial charge in [0.15, 0.2) is 5.82 Å². The zero-order valence-electron chi connectivity index (χ0n) is 19.8. The maximum atomic E-state index is 10.1. The van der Waals surface area contributed by atoms with E-state index in [9.17, 15) is 5.11 Å². The minimum atomic E-state index is -0.991. The highest BCUT2D eigenvalue weighted by Gasteiger charge is 2.28. The minimum absolute atomic E-state index is 0.240. The van der Waals surface area contributed by atoms with Gasteiger partial charge in [0, 0.05) is 31.2 Å². The van der Waals surface area contributed by atoms with Crippen LogP contribution >= 0.6 is 0 Å². The molecule has 4 rings (SSSR count). The van der Waals surface area contributed by atoms with Crippen molar-refractivity contribution in [3.8, 4) is 11.3 Å². The van der Waals surface area contributed by atoms with Gasteiger partial charge in [-0.3, -0.25) is 4.98 Å². The first-order valence-electron chi connectivity index (χ1n) is 11.1. The minimum Gasteiger partial charge on any atom is -0.384 e. The van der Waals surface area contributed by atoms with Crippen molar-refractivity contribution in [1.82, 2.24) is 20.2 Å². The maximum Gasteiger partial charge on any atom is 0.154 e. The van der Waals surface area contributed by atoms with Crippen LogP contribution in [0.15, 0.2) is 36.7 Å². The Bertz CT molecular complexity index is 1090. The Morgan fingerprint density at radius 3 is 2.25 bits per heavy atom. The third-order valence-corrected chi connectivity index (χ3v) is 6.31. The number of aromatic nitrogens is 4. The lowest BCUT2D eigenvalue weighted by atomic mass is 10.0. The predicted molar refractivity (Wildman–Crippen MR) is 128 cm³/mol. The van der Waals surface area contributed by atoms with Crippen molar-refractivity contribution in [2.45, 2.75) is 53.2 Å². The van der Waals surface area contributed by atoms with E-state index in [1.165, 1.54) is 16.7 Å². The van der Waals surface area contributed by atoms with E-state index >= 15 is 0 Å². The summed E-state index contributed by atoms with van der Waals surface area (Å²) in [5.41, 5.74) is 5.20. The first kappa shape index (κ1) is 22.1. The van der Waals surface area contributed by atoms with Crippen molar-refractivity contribution >= 4 is 11.6 Å². The average Bonchev–Trinajstić information content (AvgIpc) is 2.76. The van der Waals surface area contributed by atoms with E-state index in [0.717, 1.165) is 42.5 Å². The molecule has 7 heteroatoms. The number of aryl methyl sites for hydroxylation is 1. The molecule has 1 aliphatic rings. The molecule has 7 nitrogen and oxygen atoms in total. The van der Waals surface area contributed by atoms with E-state index in [1.54, 1.807) is 26.2 Å². The van der Waals surface area contributed by atoms with Crippen LogP contribution in [-0.4, -0.2) is 50.9 Å². The summed E-state index contributed by atoms with van der Waals surface area (Å²) in [6.45, 7) is 14.4. The van der Waals surface area contributed by atoms with Crippen molar-refractivity contribution in [1.29, 1.82) is 0 Å². The smallest absolute Gasteiger partial charge is 0.154 e. The van der Waals surface area contributed by atoms with Crippen molar-refractivity contribution in [2.75, 3.05) is 29.4 Å². The molecule has 1 atom stereocenters. The van der Waals surface area contributed by atoms with Gasteiger partial charge >= 0.3 is 0 Å². The van der Waals surface area contributed by atoms with Gasteiger partial charge in [-0.15, -0.1) is 10.2 Å². The Balaban J connectivity index is 1.52. The SMILES string of the molecule is Cc1ccc(-c2nnc(N3CCN(c4cnc(C(C)(C)O)cn4)[C@H](C)C3)c(C)c2C)cc1. The summed E-state index contributed by atoms with van der Waals surface area (Å²) in [4.78, 5) is 13.5. The molecule has 0 saturated carbocycles. The zero-order chi connectivity index (χ0) is 23.0. The molecule has 0 radical (unpaired) electrons. The predicted octanol–water partition coefficient (Wildman–Crippen LogP) is 3.80. The Hall–Kier alpha value is -3.06. The molecular weight excluding hydrogens is 400 g/mol. The number of hydrogen-bond donors (Lipinski definition) is 1. The monoisotopic (exact) mass is 432 g/mol. The molecule has 168 valence electrons. The summed E-state index contributed by atoms with van der Waals surface area (Å²) in [7, 11) is 0. The first-order chi connectivity index (χ1) is 15.1. The third kappa shape index (κ3) is 4.30. The van der Waals surface area contributed by atoms with Gasteiger partial charge in [0.1, 0.15) is 11.4 Å². The lowest BCUT2D eigenvalue weighted by Crippen LogP contribution is -2.53. The maximum absolute atomic E-state index is 10.1. The number of rotatable bonds is 4. The van der Waals surface area contributed by atoms with Crippen molar-refractivity contribution in [3.05, 3.63) is 59.0 Å². The summed E-state index contributed by atoms with van der Waals surface area (Å²) >= 11 is 0. The number of benzene rings is 1. The van der Waals surface area contributed by atoms with Crippen molar-refractivity contribution in [2.24, 2.45) is 0 Å². The van der Waals surface area contributed by atoms with Gasteiger partial charge < -0.3 is 14.9 Å². The van der Waals surface area contributed by atoms with Gasteiger partial charge in [-0.1, -0.05) is 29.8 Å². The molecule has 0 aliphatic carbocycles. The van der Waals surface area contributed by atoms with Crippen molar-refractivity contribution < 1.29 is 5.11 Å². The fourth-order valence-electron chi connectivity index (χ4n) is 4.15. The highest BCUT2D eigenvalue weighted by Crippen LogP contribution is 2.30. The Morgan fingerprint density at radius 2 is 1.66 bits per heavy atom. The quantitative estimate of drug-likeness (QED) is 0.672. The molecule has 1 aromatic carbocycles. The molecule has 3 heterocycles. The van der Waals surface area contributed by atoms with Crippen LogP contribution in [0.25, 0.3) is 11.3 Å². The van der Waals surface area contributed by atoms with Crippen LogP contribution < -0.4 is 9.80 Å². The van der Waals surface area contributed by atoms with Gasteiger partial charge in [0.25, 0.3) is 0 Å². The zero-order valence-corrected chi connectivity index (χ0v) is 19.8. The van der Waals surface area contributed by atoms with Crippen LogP contribution in [0.2, 0.25) is 0 Å². The van der Waals surface area contributed by atoms with Crippen LogP contribution in [-0.2, 0) is 5.60 Å². The Kier molecular flexibility index (Phi) is 5.86. The van der Waals surface area contributed by atoms with E-state index in [-0.39, 0.29) is 6.04 Å². The van der Waals surface area contributed by atoms with E-state index in [4.69, 9.17) is 0 Å². The van der Waals surface area contributed by atoms with E-state index < -0.39 is 5.60 Å². The van der Waals surface area contributed by atoms with Gasteiger partial charge in [-0.2, -0.15) is 0 Å². The second-order valence-electron chi connectivity index (χ2n) is 9.30. The fraction of sp³-hybridized carbons (Fsp3) is 0.440. The van der Waals surface area contributed by atoms with E-state index in [0.29, 0.717) is 5.69 Å². The van der Waals surface area contributed by atoms with Crippen LogP contribution in [0.4, 0.5) is 11.6 Å². The Morgan fingerprint density at radius 1 is 0.938 bits per heavy atom. The van der Waals surface area contributed by atoms with Gasteiger partial charge in [-0.05, 0) is 52.7 Å². The summed E-state index contributed by atoms with van der Waals surface area (Å²) < 4.78 is 0. The number of aliphatic hydroxyl groups is 1. The lowest BCUT2D eigenvalue weighted by Gasteiger charge is -2.41. The molecule has 0 amide bonds. The Labute approximate surface area is 190 Å². The molecule has 0 unspecified atom stereocenters. The number of nitrogens with zero attached hydrogens (tertiary/aromatic N) is 6. The number of hydrogen-bond acceptors (Lipinski definition) is 7. The van der Waals surface area contributed by atoms with E-state index in [1.807, 2.05) is 0 Å². The fourth-order valence-corrected chi connectivity index (χ4v) is 4.15. The average molecular weight is 433 g/mol. The molecule has 2 aromatic heterocycles. The lowest BCUT2D eigenvalue weighted by molar-refractivity contribution is 0.0734. The van der Waals surface area contributed by atoms with Crippen molar-refractivity contribution in [3.63, 3.8) is 0 Å². The summed E-state index contributed by atoms with van der Waals surface area (Å²) in [6, 6.07) is 8.67. The third-order valence-electron chi connectivity index (χ3n) is 6.31. The summed E-state index contributed by atoms with van der Waals surface area (Å²) in [6.07, 6.45) is 3.42. The van der Waals surface area contributed by atoms with Gasteiger partial charge in [-0.25, -0.2) is 4.98 Å². The van der Waals surface area contributed by atoms with Crippen LogP contribution in [0.1, 0.15) is 43.2 Å². The van der Waals surface area contributed by atoms with E-state index in [2.05, 4.69) is 81.9 Å². The second-order valence-corrected chi connectivity index (χ2v) is 9.30. The van der Waals surface area contributed by atoms with Crippen LogP contribution in [0, 0.1) is 20.8 Å². The summed E-state index contributed by atoms with van der Waals surface area (Å²) in [5, 5.41) is 19.4. The normalized spacial score (nSPS) is 17.0. The highest BCUT2D eigenvalue weighted by atomic mass is 16.3. The summed E-state index contributed by atoms with van der Waals surface area (Å²) in [5.74, 6) is 1.78. The molecule has 0 spiro atoms. The molecule has 1 N–H and O–H groups in total. The topological polar surface area (TPSA) is 78.3 Å². The van der Waals surface area contributed by atoms with Crippen LogP contribution in [0.5, 0.6) is 0 Å². The molecule has 1 fully saturated rings. The standard InChI is InChI=1S/C25H32N6O/c1-16-7-9-20(10-8-16)23-18(3)19(4)24(29-28-23)30-11-12-31(17(2)15-30)22-14-26-21(13-27-22)25(5,6)32/h7-10,13-14,17,32H,11-12,15H2,1-6H3/t17-/m1/s1. The molecule has 3 aromatic rings. The largest absolute Gasteiger partial charge is 0.384 e. The molecular formula is C25H32N6O. The van der Waals surface area contributed by atoms with Crippen LogP contribution in [0.3, 0.4) is 0 Å². The number of anilines is 2. The molecule has 0 bridgehead atoms. The first-order valence-corrected chi connectivity index (χ1v) is 11.1. The molecule has 1 aliphatic heterocycles. The molecule has 1 saturated heterocycles. The van der Waals surface area contributed by atoms with Gasteiger partial charge in [0.05, 0.1) is 23.8 Å². The number of piperazine rings is 1. The van der Waals surface area contributed by atoms with Gasteiger partial charge in [0.2, 0.25) is 0 Å². The second kappa shape index (κ2) is 8.47. The molecule has 32 heavy (non-hydrogen) atoms.